The molecule has 1 aromatic heterocycles. The lowest BCUT2D eigenvalue weighted by Crippen LogP contribution is -2.45. The first-order valence-corrected chi connectivity index (χ1v) is 13.6. The SMILES string of the molecule is CCC(Cc1ccc(S(=O)(=O)NC(=O)NC2CCC(C)CC2)cc1)n1cnc2ccccc2c1=O. The molecular formula is C26H32N4O4S. The fraction of sp³-hybridized carbons (Fsp3) is 0.423. The third-order valence-corrected chi connectivity index (χ3v) is 8.18. The molecule has 186 valence electrons. The molecule has 2 N–H and O–H groups in total. The van der Waals surface area contributed by atoms with Crippen LogP contribution in [0, 0.1) is 5.92 Å². The number of rotatable bonds is 7. The van der Waals surface area contributed by atoms with Crippen molar-refractivity contribution < 1.29 is 13.2 Å². The maximum absolute atomic E-state index is 13.0. The molecule has 2 aromatic carbocycles. The van der Waals surface area contributed by atoms with Crippen LogP contribution in [0.2, 0.25) is 0 Å². The zero-order valence-electron chi connectivity index (χ0n) is 20.1. The quantitative estimate of drug-likeness (QED) is 0.510. The molecular weight excluding hydrogens is 464 g/mol. The molecule has 1 unspecified atom stereocenters. The minimum Gasteiger partial charge on any atom is -0.335 e. The predicted octanol–water partition coefficient (Wildman–Crippen LogP) is 4.16. The topological polar surface area (TPSA) is 110 Å². The van der Waals surface area contributed by atoms with Gasteiger partial charge in [0, 0.05) is 12.1 Å². The van der Waals surface area contributed by atoms with E-state index in [0.717, 1.165) is 31.2 Å². The van der Waals surface area contributed by atoms with Gasteiger partial charge in [0.05, 0.1) is 22.1 Å². The molecule has 3 aromatic rings. The summed E-state index contributed by atoms with van der Waals surface area (Å²) in [6, 6.07) is 12.9. The Morgan fingerprint density at radius 2 is 1.77 bits per heavy atom. The number of urea groups is 1. The van der Waals surface area contributed by atoms with E-state index in [4.69, 9.17) is 0 Å². The molecule has 0 radical (unpaired) electrons. The summed E-state index contributed by atoms with van der Waals surface area (Å²) in [5.41, 5.74) is 1.45. The Morgan fingerprint density at radius 1 is 1.09 bits per heavy atom. The van der Waals surface area contributed by atoms with Gasteiger partial charge in [-0.15, -0.1) is 0 Å². The maximum atomic E-state index is 13.0. The number of carbonyl (C=O) groups excluding carboxylic acids is 1. The van der Waals surface area contributed by atoms with Gasteiger partial charge in [-0.1, -0.05) is 38.1 Å². The molecule has 8 nitrogen and oxygen atoms in total. The van der Waals surface area contributed by atoms with Crippen molar-refractivity contribution in [3.63, 3.8) is 0 Å². The molecule has 9 heteroatoms. The second kappa shape index (κ2) is 10.6. The summed E-state index contributed by atoms with van der Waals surface area (Å²) in [5, 5.41) is 3.35. The van der Waals surface area contributed by atoms with E-state index in [-0.39, 0.29) is 22.5 Å². The second-order valence-corrected chi connectivity index (χ2v) is 11.1. The van der Waals surface area contributed by atoms with Crippen molar-refractivity contribution in [1.29, 1.82) is 0 Å². The van der Waals surface area contributed by atoms with E-state index < -0.39 is 16.1 Å². The number of amides is 2. The molecule has 0 bridgehead atoms. The van der Waals surface area contributed by atoms with Gasteiger partial charge in [-0.2, -0.15) is 0 Å². The van der Waals surface area contributed by atoms with Gasteiger partial charge in [0.1, 0.15) is 0 Å². The van der Waals surface area contributed by atoms with Gasteiger partial charge in [0.25, 0.3) is 15.6 Å². The molecule has 1 fully saturated rings. The van der Waals surface area contributed by atoms with E-state index in [1.54, 1.807) is 29.1 Å². The van der Waals surface area contributed by atoms with E-state index in [1.807, 2.05) is 25.1 Å². The average molecular weight is 497 g/mol. The van der Waals surface area contributed by atoms with Gasteiger partial charge in [0.2, 0.25) is 0 Å². The number of carbonyl (C=O) groups is 1. The fourth-order valence-electron chi connectivity index (χ4n) is 4.66. The lowest BCUT2D eigenvalue weighted by molar-refractivity contribution is 0.233. The van der Waals surface area contributed by atoms with Crippen molar-refractivity contribution in [2.45, 2.75) is 69.4 Å². The largest absolute Gasteiger partial charge is 0.335 e. The van der Waals surface area contributed by atoms with Crippen LogP contribution < -0.4 is 15.6 Å². The summed E-state index contributed by atoms with van der Waals surface area (Å²) in [6.07, 6.45) is 6.60. The van der Waals surface area contributed by atoms with Crippen molar-refractivity contribution in [2.24, 2.45) is 5.92 Å². The normalized spacial score (nSPS) is 19.3. The smallest absolute Gasteiger partial charge is 0.328 e. The minimum absolute atomic E-state index is 0.00255. The van der Waals surface area contributed by atoms with Crippen molar-refractivity contribution in [2.75, 3.05) is 0 Å². The summed E-state index contributed by atoms with van der Waals surface area (Å²) < 4.78 is 29.1. The Hall–Kier alpha value is -3.20. The first-order valence-electron chi connectivity index (χ1n) is 12.1. The molecule has 2 amide bonds. The van der Waals surface area contributed by atoms with Crippen LogP contribution >= 0.6 is 0 Å². The highest BCUT2D eigenvalue weighted by atomic mass is 32.2. The Balaban J connectivity index is 1.42. The highest BCUT2D eigenvalue weighted by Crippen LogP contribution is 2.23. The van der Waals surface area contributed by atoms with Crippen LogP contribution in [-0.2, 0) is 16.4 Å². The Kier molecular flexibility index (Phi) is 7.54. The summed E-state index contributed by atoms with van der Waals surface area (Å²) in [6.45, 7) is 4.19. The van der Waals surface area contributed by atoms with E-state index in [9.17, 15) is 18.0 Å². The van der Waals surface area contributed by atoms with Gasteiger partial charge in [-0.25, -0.2) is 22.9 Å². The number of nitrogens with one attached hydrogen (secondary N) is 2. The highest BCUT2D eigenvalue weighted by molar-refractivity contribution is 7.90. The van der Waals surface area contributed by atoms with Crippen LogP contribution in [0.15, 0.2) is 64.5 Å². The number of hydrogen-bond acceptors (Lipinski definition) is 5. The van der Waals surface area contributed by atoms with Crippen LogP contribution in [0.3, 0.4) is 0 Å². The van der Waals surface area contributed by atoms with Gasteiger partial charge < -0.3 is 5.32 Å². The number of para-hydroxylation sites is 1. The molecule has 1 aliphatic carbocycles. The van der Waals surface area contributed by atoms with Gasteiger partial charge in [0.15, 0.2) is 0 Å². The molecule has 1 saturated carbocycles. The van der Waals surface area contributed by atoms with Gasteiger partial charge in [-0.05, 0) is 74.3 Å². The fourth-order valence-corrected chi connectivity index (χ4v) is 5.57. The zero-order valence-corrected chi connectivity index (χ0v) is 20.9. The van der Waals surface area contributed by atoms with E-state index in [2.05, 4.69) is 21.9 Å². The van der Waals surface area contributed by atoms with Crippen LogP contribution in [0.5, 0.6) is 0 Å². The predicted molar refractivity (Wildman–Crippen MR) is 136 cm³/mol. The summed E-state index contributed by atoms with van der Waals surface area (Å²) in [4.78, 5) is 29.7. The van der Waals surface area contributed by atoms with E-state index in [0.29, 0.717) is 29.7 Å². The number of aromatic nitrogens is 2. The van der Waals surface area contributed by atoms with Crippen molar-refractivity contribution in [3.05, 3.63) is 70.8 Å². The standard InChI is InChI=1S/C26H32N4O4S/c1-3-21(30-17-27-24-7-5-4-6-23(24)25(30)31)16-19-10-14-22(15-11-19)35(33,34)29-26(32)28-20-12-8-18(2)9-13-20/h4-7,10-11,14-15,17-18,20-21H,3,8-9,12-13,16H2,1-2H3,(H2,28,29,32). The van der Waals surface area contributed by atoms with Crippen molar-refractivity contribution in [1.82, 2.24) is 19.6 Å². The van der Waals surface area contributed by atoms with Crippen molar-refractivity contribution in [3.8, 4) is 0 Å². The summed E-state index contributed by atoms with van der Waals surface area (Å²) in [5.74, 6) is 0.641. The minimum atomic E-state index is -3.98. The summed E-state index contributed by atoms with van der Waals surface area (Å²) in [7, 11) is -3.98. The Bertz CT molecular complexity index is 1340. The second-order valence-electron chi connectivity index (χ2n) is 9.42. The third-order valence-electron chi connectivity index (χ3n) is 6.84. The average Bonchev–Trinajstić information content (AvgIpc) is 2.84. The van der Waals surface area contributed by atoms with Crippen LogP contribution in [0.25, 0.3) is 10.9 Å². The van der Waals surface area contributed by atoms with Crippen LogP contribution in [0.4, 0.5) is 4.79 Å². The third kappa shape index (κ3) is 5.90. The van der Waals surface area contributed by atoms with Crippen LogP contribution in [-0.4, -0.2) is 30.0 Å². The number of benzene rings is 2. The summed E-state index contributed by atoms with van der Waals surface area (Å²) >= 11 is 0. The molecule has 1 atom stereocenters. The Labute approximate surface area is 205 Å². The molecule has 1 aliphatic rings. The molecule has 1 heterocycles. The van der Waals surface area contributed by atoms with Crippen molar-refractivity contribution >= 4 is 27.0 Å². The first kappa shape index (κ1) is 24.9. The zero-order chi connectivity index (χ0) is 25.0. The number of fused-ring (bicyclic) bond motifs is 1. The lowest BCUT2D eigenvalue weighted by atomic mass is 9.87. The number of nitrogens with zero attached hydrogens (tertiary/aromatic N) is 2. The maximum Gasteiger partial charge on any atom is 0.328 e. The molecule has 0 saturated heterocycles. The first-order chi connectivity index (χ1) is 16.8. The molecule has 35 heavy (non-hydrogen) atoms. The monoisotopic (exact) mass is 496 g/mol. The van der Waals surface area contributed by atoms with Crippen LogP contribution in [0.1, 0.15) is 57.6 Å². The molecule has 0 spiro atoms. The number of sulfonamides is 1. The molecule has 0 aliphatic heterocycles. The Morgan fingerprint density at radius 3 is 2.46 bits per heavy atom. The van der Waals surface area contributed by atoms with Gasteiger partial charge in [-0.3, -0.25) is 9.36 Å². The lowest BCUT2D eigenvalue weighted by Gasteiger charge is -2.26. The van der Waals surface area contributed by atoms with Gasteiger partial charge >= 0.3 is 6.03 Å². The number of hydrogen-bond donors (Lipinski definition) is 2. The van der Waals surface area contributed by atoms with E-state index >= 15 is 0 Å². The highest BCUT2D eigenvalue weighted by Gasteiger charge is 2.23. The molecule has 4 rings (SSSR count). The van der Waals surface area contributed by atoms with E-state index in [1.165, 1.54) is 12.1 Å².